The number of hydrogen-bond donors (Lipinski definition) is 0. The number of halogens is 2. The highest BCUT2D eigenvalue weighted by Gasteiger charge is 2.35. The van der Waals surface area contributed by atoms with Crippen molar-refractivity contribution in [2.75, 3.05) is 0 Å². The van der Waals surface area contributed by atoms with Crippen LogP contribution in [0, 0.1) is 17.4 Å². The molecule has 0 bridgehead atoms. The highest BCUT2D eigenvalue weighted by molar-refractivity contribution is 14.1. The molecule has 0 amide bonds. The third-order valence-electron chi connectivity index (χ3n) is 6.27. The molecule has 0 radical (unpaired) electrons. The van der Waals surface area contributed by atoms with Gasteiger partial charge in [0.1, 0.15) is 0 Å². The molecule has 0 atom stereocenters. The Kier molecular flexibility index (Phi) is 4.88. The van der Waals surface area contributed by atoms with Gasteiger partial charge in [0.15, 0.2) is 0 Å². The van der Waals surface area contributed by atoms with Crippen molar-refractivity contribution < 1.29 is 0 Å². The number of hydrogen-bond acceptors (Lipinski definition) is 1. The standard InChI is InChI=1S/C27H22ClIS/c1-15-5-8-19(16(2)11-15)22-14-25(28)30-26(22)17-6-9-20-21-10-7-18(29)13-24(21)27(3,4)23(20)12-17/h5-14H,1-4H3. The fourth-order valence-electron chi connectivity index (χ4n) is 4.74. The number of rotatable bonds is 2. The second kappa shape index (κ2) is 7.22. The summed E-state index contributed by atoms with van der Waals surface area (Å²) in [4.78, 5) is 1.25. The summed E-state index contributed by atoms with van der Waals surface area (Å²) >= 11 is 10.6. The minimum Gasteiger partial charge on any atom is -0.123 e. The molecule has 1 aliphatic rings. The molecule has 0 spiro atoms. The minimum absolute atomic E-state index is 0.0111. The topological polar surface area (TPSA) is 0 Å². The fourth-order valence-corrected chi connectivity index (χ4v) is 6.47. The first-order valence-electron chi connectivity index (χ1n) is 10.1. The molecule has 30 heavy (non-hydrogen) atoms. The maximum absolute atomic E-state index is 6.53. The summed E-state index contributed by atoms with van der Waals surface area (Å²) in [6, 6.07) is 22.5. The van der Waals surface area contributed by atoms with Gasteiger partial charge in [-0.1, -0.05) is 67.4 Å². The van der Waals surface area contributed by atoms with Crippen LogP contribution in [-0.2, 0) is 5.41 Å². The van der Waals surface area contributed by atoms with Gasteiger partial charge in [-0.05, 0) is 99.6 Å². The van der Waals surface area contributed by atoms with Gasteiger partial charge in [-0.25, -0.2) is 0 Å². The molecule has 0 unspecified atom stereocenters. The number of thiophene rings is 1. The number of benzene rings is 3. The van der Waals surface area contributed by atoms with Crippen LogP contribution in [0.25, 0.3) is 32.7 Å². The molecule has 1 aliphatic carbocycles. The molecule has 3 aromatic carbocycles. The van der Waals surface area contributed by atoms with E-state index in [1.54, 1.807) is 11.3 Å². The maximum atomic E-state index is 6.53. The monoisotopic (exact) mass is 540 g/mol. The molecule has 1 heterocycles. The van der Waals surface area contributed by atoms with Gasteiger partial charge < -0.3 is 0 Å². The minimum atomic E-state index is -0.0111. The lowest BCUT2D eigenvalue weighted by Gasteiger charge is -2.22. The molecule has 0 fully saturated rings. The SMILES string of the molecule is Cc1ccc(-c2cc(Cl)sc2-c2ccc3c(c2)C(C)(C)c2cc(I)ccc2-3)c(C)c1. The van der Waals surface area contributed by atoms with Crippen molar-refractivity contribution in [3.8, 4) is 32.7 Å². The van der Waals surface area contributed by atoms with Gasteiger partial charge in [0.05, 0.1) is 4.34 Å². The van der Waals surface area contributed by atoms with Crippen LogP contribution in [0.3, 0.4) is 0 Å². The first kappa shape index (κ1) is 20.3. The zero-order chi connectivity index (χ0) is 21.2. The van der Waals surface area contributed by atoms with E-state index in [1.807, 2.05) is 0 Å². The lowest BCUT2D eigenvalue weighted by atomic mass is 9.82. The van der Waals surface area contributed by atoms with Crippen LogP contribution in [0.2, 0.25) is 4.34 Å². The highest BCUT2D eigenvalue weighted by atomic mass is 127. The average molecular weight is 541 g/mol. The van der Waals surface area contributed by atoms with Crippen molar-refractivity contribution in [2.45, 2.75) is 33.1 Å². The molecule has 0 nitrogen and oxygen atoms in total. The normalized spacial score (nSPS) is 13.9. The second-order valence-electron chi connectivity index (χ2n) is 8.69. The van der Waals surface area contributed by atoms with Gasteiger partial charge in [0.25, 0.3) is 0 Å². The van der Waals surface area contributed by atoms with Crippen molar-refractivity contribution in [2.24, 2.45) is 0 Å². The summed E-state index contributed by atoms with van der Waals surface area (Å²) in [5.41, 5.74) is 11.8. The van der Waals surface area contributed by atoms with Crippen molar-refractivity contribution >= 4 is 45.5 Å². The Labute approximate surface area is 201 Å². The van der Waals surface area contributed by atoms with Crippen LogP contribution in [-0.4, -0.2) is 0 Å². The molecule has 0 saturated carbocycles. The van der Waals surface area contributed by atoms with Crippen molar-refractivity contribution in [1.82, 2.24) is 0 Å². The van der Waals surface area contributed by atoms with E-state index in [0.29, 0.717) is 0 Å². The van der Waals surface area contributed by atoms with Gasteiger partial charge in [-0.15, -0.1) is 11.3 Å². The Balaban J connectivity index is 1.69. The molecule has 3 heteroatoms. The lowest BCUT2D eigenvalue weighted by molar-refractivity contribution is 0.660. The Morgan fingerprint density at radius 2 is 1.43 bits per heavy atom. The molecule has 0 saturated heterocycles. The molecule has 0 N–H and O–H groups in total. The highest BCUT2D eigenvalue weighted by Crippen LogP contribution is 2.51. The zero-order valence-corrected chi connectivity index (χ0v) is 21.2. The van der Waals surface area contributed by atoms with Gasteiger partial charge in [-0.2, -0.15) is 0 Å². The quantitative estimate of drug-likeness (QED) is 0.222. The molecular weight excluding hydrogens is 519 g/mol. The van der Waals surface area contributed by atoms with Crippen molar-refractivity contribution in [3.05, 3.63) is 90.8 Å². The predicted octanol–water partition coefficient (Wildman–Crippen LogP) is 9.26. The van der Waals surface area contributed by atoms with E-state index in [9.17, 15) is 0 Å². The fraction of sp³-hybridized carbons (Fsp3) is 0.185. The second-order valence-corrected chi connectivity index (χ2v) is 11.6. The Morgan fingerprint density at radius 1 is 0.767 bits per heavy atom. The van der Waals surface area contributed by atoms with E-state index >= 15 is 0 Å². The molecule has 0 aliphatic heterocycles. The van der Waals surface area contributed by atoms with E-state index in [-0.39, 0.29) is 5.41 Å². The Hall–Kier alpha value is -1.62. The van der Waals surface area contributed by atoms with Gasteiger partial charge in [0.2, 0.25) is 0 Å². The van der Waals surface area contributed by atoms with E-state index in [2.05, 4.69) is 111 Å². The van der Waals surface area contributed by atoms with Crippen LogP contribution < -0.4 is 0 Å². The smallest absolute Gasteiger partial charge is 0.0941 e. The Bertz CT molecular complexity index is 1310. The first-order chi connectivity index (χ1) is 14.3. The third kappa shape index (κ3) is 3.16. The van der Waals surface area contributed by atoms with Crippen molar-refractivity contribution in [3.63, 3.8) is 0 Å². The summed E-state index contributed by atoms with van der Waals surface area (Å²) in [6.45, 7) is 9.00. The number of aryl methyl sites for hydroxylation is 2. The molecule has 150 valence electrons. The average Bonchev–Trinajstić information content (AvgIpc) is 3.18. The van der Waals surface area contributed by atoms with E-state index in [0.717, 1.165) is 4.34 Å². The molecule has 1 aromatic heterocycles. The third-order valence-corrected chi connectivity index (χ3v) is 8.26. The summed E-state index contributed by atoms with van der Waals surface area (Å²) < 4.78 is 2.12. The van der Waals surface area contributed by atoms with Crippen LogP contribution in [0.1, 0.15) is 36.1 Å². The first-order valence-corrected chi connectivity index (χ1v) is 12.4. The molecular formula is C27H22ClIS. The number of fused-ring (bicyclic) bond motifs is 3. The molecule has 4 aromatic rings. The summed E-state index contributed by atoms with van der Waals surface area (Å²) in [5.74, 6) is 0. The van der Waals surface area contributed by atoms with E-state index in [4.69, 9.17) is 11.6 Å². The van der Waals surface area contributed by atoms with Crippen LogP contribution >= 0.6 is 45.5 Å². The van der Waals surface area contributed by atoms with Crippen LogP contribution in [0.15, 0.2) is 60.7 Å². The van der Waals surface area contributed by atoms with Crippen molar-refractivity contribution in [1.29, 1.82) is 0 Å². The summed E-state index contributed by atoms with van der Waals surface area (Å²) in [6.07, 6.45) is 0. The van der Waals surface area contributed by atoms with Gasteiger partial charge >= 0.3 is 0 Å². The Morgan fingerprint density at radius 3 is 2.17 bits per heavy atom. The lowest BCUT2D eigenvalue weighted by Crippen LogP contribution is -2.15. The van der Waals surface area contributed by atoms with E-state index < -0.39 is 0 Å². The summed E-state index contributed by atoms with van der Waals surface area (Å²) in [5, 5.41) is 0. The van der Waals surface area contributed by atoms with E-state index in [1.165, 1.54) is 58.5 Å². The van der Waals surface area contributed by atoms with Gasteiger partial charge in [-0.3, -0.25) is 0 Å². The molecule has 5 rings (SSSR count). The predicted molar refractivity (Wildman–Crippen MR) is 140 cm³/mol. The maximum Gasteiger partial charge on any atom is 0.0941 e. The van der Waals surface area contributed by atoms with Gasteiger partial charge in [0, 0.05) is 19.4 Å². The largest absolute Gasteiger partial charge is 0.123 e. The van der Waals surface area contributed by atoms with Crippen LogP contribution in [0.4, 0.5) is 0 Å². The zero-order valence-electron chi connectivity index (χ0n) is 17.4. The van der Waals surface area contributed by atoms with Crippen LogP contribution in [0.5, 0.6) is 0 Å². The summed E-state index contributed by atoms with van der Waals surface area (Å²) in [7, 11) is 0.